The number of amides is 1. The van der Waals surface area contributed by atoms with Gasteiger partial charge in [0.05, 0.1) is 17.2 Å². The number of nitrogens with one attached hydrogen (secondary N) is 2. The first kappa shape index (κ1) is 15.6. The van der Waals surface area contributed by atoms with Gasteiger partial charge in [-0.05, 0) is 23.7 Å². The van der Waals surface area contributed by atoms with Crippen LogP contribution in [0, 0.1) is 0 Å². The van der Waals surface area contributed by atoms with E-state index in [2.05, 4.69) is 30.6 Å². The summed E-state index contributed by atoms with van der Waals surface area (Å²) >= 11 is 12.0. The highest BCUT2D eigenvalue weighted by molar-refractivity contribution is 6.28. The van der Waals surface area contributed by atoms with Gasteiger partial charge in [0.25, 0.3) is 5.91 Å². The van der Waals surface area contributed by atoms with Gasteiger partial charge in [0, 0.05) is 13.5 Å². The lowest BCUT2D eigenvalue weighted by atomic mass is 10.3. The quantitative estimate of drug-likeness (QED) is 0.489. The van der Waals surface area contributed by atoms with E-state index >= 15 is 0 Å². The van der Waals surface area contributed by atoms with Crippen molar-refractivity contribution in [3.8, 4) is 0 Å². The molecule has 1 unspecified atom stereocenters. The second-order valence-electron chi connectivity index (χ2n) is 4.71. The maximum absolute atomic E-state index is 11.5. The van der Waals surface area contributed by atoms with Gasteiger partial charge in [0.15, 0.2) is 5.82 Å². The number of anilines is 2. The molecule has 0 spiro atoms. The molecule has 2 aromatic rings. The third kappa shape index (κ3) is 3.40. The van der Waals surface area contributed by atoms with E-state index < -0.39 is 0 Å². The Morgan fingerprint density at radius 2 is 2.17 bits per heavy atom. The summed E-state index contributed by atoms with van der Waals surface area (Å²) in [6.45, 7) is 0. The number of hydrogen-bond acceptors (Lipinski definition) is 6. The molecule has 3 heterocycles. The van der Waals surface area contributed by atoms with E-state index in [-0.39, 0.29) is 16.7 Å². The van der Waals surface area contributed by atoms with Crippen molar-refractivity contribution >= 4 is 46.7 Å². The molecule has 1 aliphatic heterocycles. The van der Waals surface area contributed by atoms with Crippen LogP contribution in [-0.2, 0) is 0 Å². The van der Waals surface area contributed by atoms with Crippen LogP contribution in [0.15, 0.2) is 23.3 Å². The highest BCUT2D eigenvalue weighted by atomic mass is 35.5. The van der Waals surface area contributed by atoms with Gasteiger partial charge < -0.3 is 10.6 Å². The number of carbonyl (C=O) groups excluding carboxylic acids is 1. The average molecular weight is 351 g/mol. The maximum atomic E-state index is 11.5. The third-order valence-corrected chi connectivity index (χ3v) is 3.59. The number of nitrogens with zero attached hydrogens (tertiary/aromatic N) is 4. The summed E-state index contributed by atoms with van der Waals surface area (Å²) in [6.07, 6.45) is 3.98. The first-order valence-electron chi connectivity index (χ1n) is 6.77. The predicted molar refractivity (Wildman–Crippen MR) is 87.5 cm³/mol. The van der Waals surface area contributed by atoms with Gasteiger partial charge in [0.2, 0.25) is 5.28 Å². The topological polar surface area (TPSA) is 92.2 Å². The minimum atomic E-state index is -0.360. The number of carbonyl (C=O) groups is 1. The Hall–Kier alpha value is -2.25. The molecule has 0 saturated carbocycles. The molecule has 0 bridgehead atoms. The van der Waals surface area contributed by atoms with Crippen LogP contribution < -0.4 is 21.3 Å². The standard InChI is InChI=1S/C14H12Cl2N6O/c1-17-13(23)9-3-2-7(6-18-9)19-12-11-8(20-14(16)22-12)4-5-10(15)21-11/h2-4,6,10H,5H2,1H3,(H,17,23)(H,19,20,22). The van der Waals surface area contributed by atoms with Crippen LogP contribution in [0.25, 0.3) is 6.08 Å². The molecule has 1 atom stereocenters. The maximum Gasteiger partial charge on any atom is 0.269 e. The van der Waals surface area contributed by atoms with Gasteiger partial charge in [-0.2, -0.15) is 4.98 Å². The lowest BCUT2D eigenvalue weighted by Crippen LogP contribution is -2.36. The molecule has 0 radical (unpaired) electrons. The fourth-order valence-corrected chi connectivity index (χ4v) is 2.43. The molecule has 0 aromatic carbocycles. The fourth-order valence-electron chi connectivity index (χ4n) is 2.07. The summed E-state index contributed by atoms with van der Waals surface area (Å²) in [5, 5.41) is 6.89. The molecule has 7 nitrogen and oxygen atoms in total. The zero-order valence-corrected chi connectivity index (χ0v) is 13.6. The summed E-state index contributed by atoms with van der Waals surface area (Å²) in [6, 6.07) is 3.31. The van der Waals surface area contributed by atoms with Gasteiger partial charge >= 0.3 is 0 Å². The number of rotatable bonds is 3. The van der Waals surface area contributed by atoms with Crippen LogP contribution >= 0.6 is 23.2 Å². The number of halogens is 2. The van der Waals surface area contributed by atoms with E-state index in [1.54, 1.807) is 19.2 Å². The lowest BCUT2D eigenvalue weighted by molar-refractivity contribution is 0.0958. The van der Waals surface area contributed by atoms with Gasteiger partial charge in [0.1, 0.15) is 16.6 Å². The Balaban J connectivity index is 1.97. The number of alkyl halides is 1. The molecule has 0 aliphatic carbocycles. The highest BCUT2D eigenvalue weighted by Crippen LogP contribution is 2.13. The minimum absolute atomic E-state index is 0.112. The molecule has 3 rings (SSSR count). The van der Waals surface area contributed by atoms with E-state index in [0.29, 0.717) is 34.3 Å². The second-order valence-corrected chi connectivity index (χ2v) is 5.56. The normalized spacial score (nSPS) is 15.9. The zero-order valence-electron chi connectivity index (χ0n) is 12.0. The van der Waals surface area contributed by atoms with Gasteiger partial charge in [-0.3, -0.25) is 9.79 Å². The average Bonchev–Trinajstić information content (AvgIpc) is 2.55. The van der Waals surface area contributed by atoms with Crippen molar-refractivity contribution in [2.24, 2.45) is 4.99 Å². The fraction of sp³-hybridized carbons (Fsp3) is 0.214. The second kappa shape index (κ2) is 6.47. The molecule has 0 fully saturated rings. The summed E-state index contributed by atoms with van der Waals surface area (Å²) < 4.78 is 0. The lowest BCUT2D eigenvalue weighted by Gasteiger charge is -2.10. The molecular weight excluding hydrogens is 339 g/mol. The minimum Gasteiger partial charge on any atom is -0.354 e. The van der Waals surface area contributed by atoms with Crippen molar-refractivity contribution in [3.63, 3.8) is 0 Å². The van der Waals surface area contributed by atoms with Crippen molar-refractivity contribution in [2.45, 2.75) is 11.9 Å². The van der Waals surface area contributed by atoms with Crippen LogP contribution in [0.1, 0.15) is 16.9 Å². The Bertz CT molecular complexity index is 868. The Labute approximate surface area is 141 Å². The number of hydrogen-bond donors (Lipinski definition) is 2. The monoisotopic (exact) mass is 350 g/mol. The van der Waals surface area contributed by atoms with Crippen LogP contribution in [0.5, 0.6) is 0 Å². The first-order chi connectivity index (χ1) is 11.1. The Kier molecular flexibility index (Phi) is 4.40. The van der Waals surface area contributed by atoms with Crippen molar-refractivity contribution < 1.29 is 4.79 Å². The summed E-state index contributed by atoms with van der Waals surface area (Å²) in [7, 11) is 1.55. The van der Waals surface area contributed by atoms with Crippen LogP contribution in [0.2, 0.25) is 5.28 Å². The molecule has 2 aromatic heterocycles. The SMILES string of the molecule is CNC(=O)c1ccc(Nc2nc(Cl)nc3c2=NC(Cl)CC=3)cn1. The molecule has 1 aliphatic rings. The molecule has 118 valence electrons. The first-order valence-corrected chi connectivity index (χ1v) is 7.59. The number of pyridine rings is 1. The van der Waals surface area contributed by atoms with E-state index in [9.17, 15) is 4.79 Å². The predicted octanol–water partition coefficient (Wildman–Crippen LogP) is 0.997. The molecule has 0 saturated heterocycles. The van der Waals surface area contributed by atoms with E-state index in [0.717, 1.165) is 0 Å². The molecule has 23 heavy (non-hydrogen) atoms. The van der Waals surface area contributed by atoms with Crippen molar-refractivity contribution in [3.05, 3.63) is 40.0 Å². The molecule has 9 heteroatoms. The largest absolute Gasteiger partial charge is 0.354 e. The summed E-state index contributed by atoms with van der Waals surface area (Å²) in [5.74, 6) is 0.185. The van der Waals surface area contributed by atoms with Crippen molar-refractivity contribution in [2.75, 3.05) is 12.4 Å². The smallest absolute Gasteiger partial charge is 0.269 e. The summed E-state index contributed by atoms with van der Waals surface area (Å²) in [4.78, 5) is 28.2. The van der Waals surface area contributed by atoms with Gasteiger partial charge in [-0.25, -0.2) is 9.97 Å². The van der Waals surface area contributed by atoms with E-state index in [1.807, 2.05) is 6.08 Å². The van der Waals surface area contributed by atoms with Crippen LogP contribution in [0.4, 0.5) is 11.5 Å². The molecular formula is C14H12Cl2N6O. The Morgan fingerprint density at radius 1 is 1.35 bits per heavy atom. The number of aromatic nitrogens is 3. The van der Waals surface area contributed by atoms with Gasteiger partial charge in [-0.15, -0.1) is 0 Å². The van der Waals surface area contributed by atoms with Crippen molar-refractivity contribution in [1.29, 1.82) is 0 Å². The summed E-state index contributed by atoms with van der Waals surface area (Å²) in [5.41, 5.74) is 0.600. The third-order valence-electron chi connectivity index (χ3n) is 3.14. The van der Waals surface area contributed by atoms with Crippen molar-refractivity contribution in [1.82, 2.24) is 20.3 Å². The van der Waals surface area contributed by atoms with E-state index in [1.165, 1.54) is 6.20 Å². The zero-order chi connectivity index (χ0) is 16.4. The molecule has 1 amide bonds. The van der Waals surface area contributed by atoms with Gasteiger partial charge in [-0.1, -0.05) is 17.7 Å². The number of fused-ring (bicyclic) bond motifs is 1. The van der Waals surface area contributed by atoms with Crippen LogP contribution in [-0.4, -0.2) is 33.4 Å². The van der Waals surface area contributed by atoms with E-state index in [4.69, 9.17) is 23.2 Å². The molecule has 2 N–H and O–H groups in total. The highest BCUT2D eigenvalue weighted by Gasteiger charge is 2.12. The Morgan fingerprint density at radius 3 is 2.87 bits per heavy atom. The van der Waals surface area contributed by atoms with Crippen LogP contribution in [0.3, 0.4) is 0 Å².